The molecule has 0 saturated heterocycles. The third-order valence-electron chi connectivity index (χ3n) is 5.63. The van der Waals surface area contributed by atoms with Crippen molar-refractivity contribution in [3.05, 3.63) is 35.4 Å². The number of hydrogen-bond donors (Lipinski definition) is 4. The lowest BCUT2D eigenvalue weighted by molar-refractivity contribution is 0.384. The Kier molecular flexibility index (Phi) is 5.75. The van der Waals surface area contributed by atoms with E-state index in [2.05, 4.69) is 29.6 Å². The lowest BCUT2D eigenvalue weighted by Gasteiger charge is -2.16. The molecule has 3 rings (SSSR count). The highest BCUT2D eigenvalue weighted by Crippen LogP contribution is 2.33. The van der Waals surface area contributed by atoms with Gasteiger partial charge in [-0.25, -0.2) is 0 Å². The Bertz CT molecular complexity index is 487. The number of nitrogens with one attached hydrogen (secondary N) is 1. The highest BCUT2D eigenvalue weighted by molar-refractivity contribution is 6.40. The van der Waals surface area contributed by atoms with Gasteiger partial charge in [-0.05, 0) is 67.9 Å². The molecule has 1 saturated carbocycles. The van der Waals surface area contributed by atoms with Crippen LogP contribution in [-0.2, 0) is 12.8 Å². The number of hydrogen-bond acceptors (Lipinski definition) is 4. The van der Waals surface area contributed by atoms with Crippen molar-refractivity contribution in [1.29, 1.82) is 0 Å². The zero-order valence-electron chi connectivity index (χ0n) is 13.8. The van der Waals surface area contributed by atoms with Gasteiger partial charge in [-0.1, -0.05) is 30.7 Å². The van der Waals surface area contributed by atoms with Crippen molar-refractivity contribution in [3.8, 4) is 0 Å². The zero-order chi connectivity index (χ0) is 16.2. The SMILES string of the molecule is N[C@H]1C[C@@H](CNC2Cc3ccccc3C2)C[C@@H]1CCCB(O)O. The summed E-state index contributed by atoms with van der Waals surface area (Å²) in [7, 11) is -1.17. The van der Waals surface area contributed by atoms with Gasteiger partial charge in [0.25, 0.3) is 0 Å². The number of rotatable bonds is 7. The summed E-state index contributed by atoms with van der Waals surface area (Å²) < 4.78 is 0. The molecule has 0 aromatic heterocycles. The van der Waals surface area contributed by atoms with Crippen LogP contribution >= 0.6 is 0 Å². The van der Waals surface area contributed by atoms with Crippen molar-refractivity contribution in [2.24, 2.45) is 17.6 Å². The van der Waals surface area contributed by atoms with Crippen LogP contribution in [0.3, 0.4) is 0 Å². The fourth-order valence-corrected chi connectivity index (χ4v) is 4.37. The second kappa shape index (κ2) is 7.80. The van der Waals surface area contributed by atoms with Crippen molar-refractivity contribution in [1.82, 2.24) is 5.32 Å². The fourth-order valence-electron chi connectivity index (χ4n) is 4.37. The molecule has 126 valence electrons. The Morgan fingerprint density at radius 3 is 2.48 bits per heavy atom. The molecule has 3 atom stereocenters. The quantitative estimate of drug-likeness (QED) is 0.573. The van der Waals surface area contributed by atoms with Crippen LogP contribution in [0.1, 0.15) is 36.8 Å². The molecule has 5 heteroatoms. The Balaban J connectivity index is 1.39. The van der Waals surface area contributed by atoms with E-state index >= 15 is 0 Å². The average molecular weight is 316 g/mol. The maximum absolute atomic E-state index is 8.94. The number of nitrogens with two attached hydrogens (primary N) is 1. The van der Waals surface area contributed by atoms with E-state index in [1.165, 1.54) is 17.5 Å². The molecular weight excluding hydrogens is 287 g/mol. The summed E-state index contributed by atoms with van der Waals surface area (Å²) in [6.45, 7) is 1.06. The van der Waals surface area contributed by atoms with Crippen LogP contribution in [0.15, 0.2) is 24.3 Å². The van der Waals surface area contributed by atoms with Gasteiger partial charge in [0.2, 0.25) is 0 Å². The van der Waals surface area contributed by atoms with Gasteiger partial charge in [0.05, 0.1) is 0 Å². The fraction of sp³-hybridized carbons (Fsp3) is 0.667. The van der Waals surface area contributed by atoms with E-state index in [0.29, 0.717) is 24.2 Å². The maximum atomic E-state index is 8.94. The van der Waals surface area contributed by atoms with Crippen molar-refractivity contribution >= 4 is 7.12 Å². The molecule has 1 aromatic rings. The lowest BCUT2D eigenvalue weighted by Crippen LogP contribution is -2.33. The van der Waals surface area contributed by atoms with Gasteiger partial charge in [0.15, 0.2) is 0 Å². The molecule has 0 aliphatic heterocycles. The Hall–Kier alpha value is -0.875. The summed E-state index contributed by atoms with van der Waals surface area (Å²) in [6.07, 6.45) is 6.90. The largest absolute Gasteiger partial charge is 0.451 e. The van der Waals surface area contributed by atoms with Gasteiger partial charge in [-0.3, -0.25) is 0 Å². The molecule has 1 aromatic carbocycles. The summed E-state index contributed by atoms with van der Waals surface area (Å²) in [6, 6.07) is 9.60. The highest BCUT2D eigenvalue weighted by atomic mass is 16.4. The van der Waals surface area contributed by atoms with Crippen LogP contribution in [-0.4, -0.2) is 35.8 Å². The molecule has 0 unspecified atom stereocenters. The first-order valence-corrected chi connectivity index (χ1v) is 9.03. The summed E-state index contributed by atoms with van der Waals surface area (Å²) in [5, 5.41) is 21.6. The van der Waals surface area contributed by atoms with Crippen molar-refractivity contribution < 1.29 is 10.0 Å². The minimum atomic E-state index is -1.17. The van der Waals surface area contributed by atoms with Gasteiger partial charge in [-0.2, -0.15) is 0 Å². The van der Waals surface area contributed by atoms with Gasteiger partial charge < -0.3 is 21.1 Å². The van der Waals surface area contributed by atoms with Crippen molar-refractivity contribution in [3.63, 3.8) is 0 Å². The van der Waals surface area contributed by atoms with E-state index in [0.717, 1.165) is 38.6 Å². The first-order valence-electron chi connectivity index (χ1n) is 9.03. The Labute approximate surface area is 139 Å². The van der Waals surface area contributed by atoms with Gasteiger partial charge in [-0.15, -0.1) is 0 Å². The molecule has 2 aliphatic carbocycles. The lowest BCUT2D eigenvalue weighted by atomic mass is 9.81. The van der Waals surface area contributed by atoms with E-state index in [4.69, 9.17) is 15.8 Å². The normalized spacial score (nSPS) is 27.3. The molecule has 4 nitrogen and oxygen atoms in total. The van der Waals surface area contributed by atoms with Crippen LogP contribution in [0.2, 0.25) is 6.32 Å². The predicted octanol–water partition coefficient (Wildman–Crippen LogP) is 1.35. The Morgan fingerprint density at radius 1 is 1.13 bits per heavy atom. The standard InChI is InChI=1S/C18H29BN2O2/c20-18-9-13(8-16(18)6-3-7-19(22)23)12-21-17-10-14-4-1-2-5-15(14)11-17/h1-2,4-5,13,16-18,21-23H,3,6-12,20H2/t13-,16-,18-/m0/s1. The van der Waals surface area contributed by atoms with E-state index in [-0.39, 0.29) is 6.04 Å². The highest BCUT2D eigenvalue weighted by Gasteiger charge is 2.32. The topological polar surface area (TPSA) is 78.5 Å². The second-order valence-electron chi connectivity index (χ2n) is 7.46. The second-order valence-corrected chi connectivity index (χ2v) is 7.46. The monoisotopic (exact) mass is 316 g/mol. The summed E-state index contributed by atoms with van der Waals surface area (Å²) in [5.74, 6) is 1.21. The average Bonchev–Trinajstić information content (AvgIpc) is 3.08. The first-order chi connectivity index (χ1) is 11.1. The molecule has 1 fully saturated rings. The number of fused-ring (bicyclic) bond motifs is 1. The Morgan fingerprint density at radius 2 is 1.83 bits per heavy atom. The molecule has 0 bridgehead atoms. The summed E-state index contributed by atoms with van der Waals surface area (Å²) in [4.78, 5) is 0. The van der Waals surface area contributed by atoms with Crippen LogP contribution in [0, 0.1) is 11.8 Å². The molecule has 0 amide bonds. The molecule has 2 aliphatic rings. The summed E-state index contributed by atoms with van der Waals surface area (Å²) >= 11 is 0. The zero-order valence-corrected chi connectivity index (χ0v) is 13.8. The molecule has 0 radical (unpaired) electrons. The summed E-state index contributed by atoms with van der Waals surface area (Å²) in [5.41, 5.74) is 9.27. The smallest absolute Gasteiger partial charge is 0.427 e. The van der Waals surface area contributed by atoms with Crippen LogP contribution in [0.5, 0.6) is 0 Å². The molecule has 0 heterocycles. The minimum Gasteiger partial charge on any atom is -0.427 e. The first kappa shape index (κ1) is 17.0. The van der Waals surface area contributed by atoms with E-state index < -0.39 is 7.12 Å². The third kappa shape index (κ3) is 4.57. The predicted molar refractivity (Wildman–Crippen MR) is 94.1 cm³/mol. The maximum Gasteiger partial charge on any atom is 0.451 e. The van der Waals surface area contributed by atoms with Crippen LogP contribution < -0.4 is 11.1 Å². The van der Waals surface area contributed by atoms with E-state index in [9.17, 15) is 0 Å². The molecule has 5 N–H and O–H groups in total. The molecule has 23 heavy (non-hydrogen) atoms. The van der Waals surface area contributed by atoms with Gasteiger partial charge in [0, 0.05) is 12.1 Å². The van der Waals surface area contributed by atoms with E-state index in [1.807, 2.05) is 0 Å². The molecular formula is C18H29BN2O2. The van der Waals surface area contributed by atoms with Gasteiger partial charge in [0.1, 0.15) is 0 Å². The van der Waals surface area contributed by atoms with Gasteiger partial charge >= 0.3 is 7.12 Å². The molecule has 0 spiro atoms. The van der Waals surface area contributed by atoms with Crippen LogP contribution in [0.25, 0.3) is 0 Å². The van der Waals surface area contributed by atoms with Crippen LogP contribution in [0.4, 0.5) is 0 Å². The van der Waals surface area contributed by atoms with Crippen molar-refractivity contribution in [2.75, 3.05) is 6.54 Å². The minimum absolute atomic E-state index is 0.276. The van der Waals surface area contributed by atoms with E-state index in [1.54, 1.807) is 0 Å². The van der Waals surface area contributed by atoms with Crippen molar-refractivity contribution in [2.45, 2.75) is 56.9 Å². The number of benzene rings is 1. The third-order valence-corrected chi connectivity index (χ3v) is 5.63.